The summed E-state index contributed by atoms with van der Waals surface area (Å²) >= 11 is 0. The van der Waals surface area contributed by atoms with Crippen molar-refractivity contribution in [2.75, 3.05) is 0 Å². The van der Waals surface area contributed by atoms with Gasteiger partial charge in [0, 0.05) is 6.42 Å². The van der Waals surface area contributed by atoms with Crippen LogP contribution < -0.4 is 4.74 Å². The molecule has 3 rings (SSSR count). The minimum atomic E-state index is -0.146. The van der Waals surface area contributed by atoms with Gasteiger partial charge in [0.2, 0.25) is 0 Å². The monoisotopic (exact) mass is 258 g/mol. The van der Waals surface area contributed by atoms with E-state index in [0.29, 0.717) is 12.2 Å². The molecule has 0 saturated heterocycles. The van der Waals surface area contributed by atoms with E-state index in [0.717, 1.165) is 18.6 Å². The summed E-state index contributed by atoms with van der Waals surface area (Å²) in [5.41, 5.74) is 2.20. The molecule has 1 spiro atoms. The Bertz CT molecular complexity index is 478. The summed E-state index contributed by atoms with van der Waals surface area (Å²) in [6.45, 7) is 4.16. The molecule has 1 unspecified atom stereocenters. The van der Waals surface area contributed by atoms with Gasteiger partial charge in [0.25, 0.3) is 0 Å². The van der Waals surface area contributed by atoms with Gasteiger partial charge in [-0.05, 0) is 37.8 Å². The number of ketones is 1. The standard InChI is InChI=1S/C17H22O2/c1-12-7-6-8-13(2)16(12)19-15-11-14(18)17(15)9-4-3-5-10-17/h6-8,15H,3-5,9-11H2,1-2H3. The zero-order valence-corrected chi connectivity index (χ0v) is 11.9. The van der Waals surface area contributed by atoms with E-state index in [1.54, 1.807) is 0 Å². The van der Waals surface area contributed by atoms with E-state index < -0.39 is 0 Å². The summed E-state index contributed by atoms with van der Waals surface area (Å²) < 4.78 is 6.25. The van der Waals surface area contributed by atoms with E-state index in [4.69, 9.17) is 4.74 Å². The molecule has 0 amide bonds. The maximum atomic E-state index is 12.1. The van der Waals surface area contributed by atoms with Crippen molar-refractivity contribution in [1.82, 2.24) is 0 Å². The number of Topliss-reactive ketones (excluding diaryl/α,β-unsaturated/α-hetero) is 1. The molecule has 0 bridgehead atoms. The van der Waals surface area contributed by atoms with Crippen LogP contribution in [-0.2, 0) is 4.79 Å². The molecule has 0 aliphatic heterocycles. The highest BCUT2D eigenvalue weighted by atomic mass is 16.5. The highest BCUT2D eigenvalue weighted by Crippen LogP contribution is 2.50. The molecule has 2 fully saturated rings. The highest BCUT2D eigenvalue weighted by Gasteiger charge is 2.56. The van der Waals surface area contributed by atoms with Gasteiger partial charge in [0.15, 0.2) is 0 Å². The van der Waals surface area contributed by atoms with Crippen molar-refractivity contribution in [3.05, 3.63) is 29.3 Å². The average molecular weight is 258 g/mol. The summed E-state index contributed by atoms with van der Waals surface area (Å²) in [5.74, 6) is 1.42. The minimum absolute atomic E-state index is 0.111. The first kappa shape index (κ1) is 12.7. The molecule has 1 aromatic carbocycles. The highest BCUT2D eigenvalue weighted by molar-refractivity contribution is 5.92. The molecule has 0 radical (unpaired) electrons. The molecule has 102 valence electrons. The topological polar surface area (TPSA) is 26.3 Å². The van der Waals surface area contributed by atoms with E-state index in [1.165, 1.54) is 30.4 Å². The first-order valence-corrected chi connectivity index (χ1v) is 7.40. The maximum Gasteiger partial charge on any atom is 0.146 e. The molecule has 0 N–H and O–H groups in total. The average Bonchev–Trinajstić information content (AvgIpc) is 2.43. The summed E-state index contributed by atoms with van der Waals surface area (Å²) in [6.07, 6.45) is 6.40. The molecule has 2 nitrogen and oxygen atoms in total. The number of carbonyl (C=O) groups is 1. The van der Waals surface area contributed by atoms with Gasteiger partial charge in [0.1, 0.15) is 17.6 Å². The minimum Gasteiger partial charge on any atom is -0.488 e. The van der Waals surface area contributed by atoms with Crippen LogP contribution in [0, 0.1) is 19.3 Å². The van der Waals surface area contributed by atoms with Gasteiger partial charge in [-0.25, -0.2) is 0 Å². The Morgan fingerprint density at radius 2 is 1.74 bits per heavy atom. The van der Waals surface area contributed by atoms with Crippen molar-refractivity contribution in [3.63, 3.8) is 0 Å². The second kappa shape index (κ2) is 4.66. The van der Waals surface area contributed by atoms with Crippen molar-refractivity contribution in [2.45, 2.75) is 58.5 Å². The lowest BCUT2D eigenvalue weighted by Gasteiger charge is -2.49. The largest absolute Gasteiger partial charge is 0.488 e. The molecule has 2 aliphatic rings. The molecule has 2 heteroatoms. The Hall–Kier alpha value is -1.31. The number of hydrogen-bond acceptors (Lipinski definition) is 2. The number of aryl methyl sites for hydroxylation is 2. The zero-order valence-electron chi connectivity index (χ0n) is 11.9. The number of carbonyl (C=O) groups excluding carboxylic acids is 1. The number of hydrogen-bond donors (Lipinski definition) is 0. The van der Waals surface area contributed by atoms with Crippen molar-refractivity contribution >= 4 is 5.78 Å². The number of para-hydroxylation sites is 1. The number of rotatable bonds is 2. The maximum absolute atomic E-state index is 12.1. The number of ether oxygens (including phenoxy) is 1. The SMILES string of the molecule is Cc1cccc(C)c1OC1CC(=O)C12CCCCC2. The van der Waals surface area contributed by atoms with Crippen LogP contribution in [0.2, 0.25) is 0 Å². The van der Waals surface area contributed by atoms with Crippen LogP contribution in [0.25, 0.3) is 0 Å². The van der Waals surface area contributed by atoms with Crippen LogP contribution in [0.5, 0.6) is 5.75 Å². The predicted octanol–water partition coefficient (Wildman–Crippen LogP) is 3.97. The summed E-state index contributed by atoms with van der Waals surface area (Å²) in [7, 11) is 0. The van der Waals surface area contributed by atoms with E-state index >= 15 is 0 Å². The smallest absolute Gasteiger partial charge is 0.146 e. The molecule has 0 aromatic heterocycles. The lowest BCUT2D eigenvalue weighted by Crippen LogP contribution is -2.57. The third-order valence-corrected chi connectivity index (χ3v) is 4.96. The van der Waals surface area contributed by atoms with Gasteiger partial charge >= 0.3 is 0 Å². The van der Waals surface area contributed by atoms with E-state index in [1.807, 2.05) is 0 Å². The van der Waals surface area contributed by atoms with E-state index in [-0.39, 0.29) is 11.5 Å². The molecule has 1 atom stereocenters. The first-order valence-electron chi connectivity index (χ1n) is 7.40. The van der Waals surface area contributed by atoms with Crippen molar-refractivity contribution < 1.29 is 9.53 Å². The lowest BCUT2D eigenvalue weighted by atomic mass is 9.57. The van der Waals surface area contributed by atoms with Gasteiger partial charge < -0.3 is 4.74 Å². The summed E-state index contributed by atoms with van der Waals surface area (Å²) in [4.78, 5) is 12.1. The van der Waals surface area contributed by atoms with E-state index in [2.05, 4.69) is 32.0 Å². The summed E-state index contributed by atoms with van der Waals surface area (Å²) in [5, 5.41) is 0. The fourth-order valence-corrected chi connectivity index (χ4v) is 3.68. The van der Waals surface area contributed by atoms with Crippen LogP contribution in [0.15, 0.2) is 18.2 Å². The fraction of sp³-hybridized carbons (Fsp3) is 0.588. The predicted molar refractivity (Wildman–Crippen MR) is 75.5 cm³/mol. The fourth-order valence-electron chi connectivity index (χ4n) is 3.68. The van der Waals surface area contributed by atoms with Crippen LogP contribution in [-0.4, -0.2) is 11.9 Å². The second-order valence-electron chi connectivity index (χ2n) is 6.17. The van der Waals surface area contributed by atoms with Gasteiger partial charge in [-0.2, -0.15) is 0 Å². The van der Waals surface area contributed by atoms with Crippen molar-refractivity contribution in [1.29, 1.82) is 0 Å². The van der Waals surface area contributed by atoms with Gasteiger partial charge in [0.05, 0.1) is 5.41 Å². The molecular weight excluding hydrogens is 236 g/mol. The Morgan fingerprint density at radius 1 is 1.11 bits per heavy atom. The molecule has 2 aliphatic carbocycles. The van der Waals surface area contributed by atoms with Gasteiger partial charge in [-0.15, -0.1) is 0 Å². The first-order chi connectivity index (χ1) is 9.13. The lowest BCUT2D eigenvalue weighted by molar-refractivity contribution is -0.156. The molecule has 2 saturated carbocycles. The van der Waals surface area contributed by atoms with Crippen LogP contribution >= 0.6 is 0 Å². The molecule has 1 aromatic rings. The van der Waals surface area contributed by atoms with Gasteiger partial charge in [-0.3, -0.25) is 4.79 Å². The third kappa shape index (κ3) is 1.98. The zero-order chi connectivity index (χ0) is 13.5. The third-order valence-electron chi connectivity index (χ3n) is 4.96. The summed E-state index contributed by atoms with van der Waals surface area (Å²) in [6, 6.07) is 6.21. The normalized spacial score (nSPS) is 25.2. The molecule has 0 heterocycles. The van der Waals surface area contributed by atoms with Crippen molar-refractivity contribution in [3.8, 4) is 5.75 Å². The van der Waals surface area contributed by atoms with Gasteiger partial charge in [-0.1, -0.05) is 37.5 Å². The quantitative estimate of drug-likeness (QED) is 0.802. The van der Waals surface area contributed by atoms with Crippen LogP contribution in [0.4, 0.5) is 0 Å². The van der Waals surface area contributed by atoms with E-state index in [9.17, 15) is 4.79 Å². The Morgan fingerprint density at radius 3 is 2.32 bits per heavy atom. The van der Waals surface area contributed by atoms with Crippen LogP contribution in [0.1, 0.15) is 49.7 Å². The van der Waals surface area contributed by atoms with Crippen molar-refractivity contribution in [2.24, 2.45) is 5.41 Å². The molecule has 19 heavy (non-hydrogen) atoms. The Labute approximate surface area is 115 Å². The Balaban J connectivity index is 1.82. The molecular formula is C17H22O2. The Kier molecular flexibility index (Phi) is 3.12. The number of benzene rings is 1. The second-order valence-corrected chi connectivity index (χ2v) is 6.17. The van der Waals surface area contributed by atoms with Crippen LogP contribution in [0.3, 0.4) is 0 Å².